The minimum Gasteiger partial charge on any atom is -0.497 e. The molecule has 2 aliphatic rings. The van der Waals surface area contributed by atoms with Gasteiger partial charge < -0.3 is 14.8 Å². The van der Waals surface area contributed by atoms with Gasteiger partial charge in [0.05, 0.1) is 18.4 Å². The van der Waals surface area contributed by atoms with Gasteiger partial charge in [-0.1, -0.05) is 42.5 Å². The van der Waals surface area contributed by atoms with E-state index in [-0.39, 0.29) is 11.3 Å². The summed E-state index contributed by atoms with van der Waals surface area (Å²) >= 11 is 0. The number of carbonyl (C=O) groups is 3. The van der Waals surface area contributed by atoms with Crippen molar-refractivity contribution in [1.29, 1.82) is 0 Å². The van der Waals surface area contributed by atoms with Crippen LogP contribution in [0, 0.1) is 0 Å². The summed E-state index contributed by atoms with van der Waals surface area (Å²) in [4.78, 5) is 45.5. The second kappa shape index (κ2) is 7.73. The van der Waals surface area contributed by atoms with Crippen molar-refractivity contribution in [3.8, 4) is 5.75 Å². The predicted octanol–water partition coefficient (Wildman–Crippen LogP) is 4.36. The molecule has 174 valence electrons. The van der Waals surface area contributed by atoms with E-state index in [1.54, 1.807) is 24.1 Å². The van der Waals surface area contributed by atoms with Crippen LogP contribution in [-0.4, -0.2) is 46.0 Å². The summed E-state index contributed by atoms with van der Waals surface area (Å²) in [6, 6.07) is 19.5. The lowest BCUT2D eigenvalue weighted by Crippen LogP contribution is -2.44. The molecule has 3 aromatic carbocycles. The lowest BCUT2D eigenvalue weighted by molar-refractivity contribution is -0.120. The monoisotopic (exact) mass is 467 g/mol. The third-order valence-electron chi connectivity index (χ3n) is 6.86. The zero-order valence-electron chi connectivity index (χ0n) is 18.8. The van der Waals surface area contributed by atoms with E-state index in [1.807, 2.05) is 48.5 Å². The number of carbonyl (C=O) groups excluding carboxylic acids is 2. The van der Waals surface area contributed by atoms with Crippen LogP contribution >= 0.6 is 0 Å². The topological polar surface area (TPSA) is 103 Å². The Hall–Kier alpha value is -4.59. The number of H-pyrrole nitrogens is 1. The van der Waals surface area contributed by atoms with E-state index in [0.29, 0.717) is 12.2 Å². The number of rotatable bonds is 4. The van der Waals surface area contributed by atoms with E-state index < -0.39 is 30.0 Å². The molecule has 1 aromatic heterocycles. The Morgan fingerprint density at radius 2 is 1.71 bits per heavy atom. The number of urea groups is 1. The van der Waals surface area contributed by atoms with Crippen LogP contribution in [0.2, 0.25) is 0 Å². The number of fused-ring (bicyclic) bond motifs is 4. The standard InChI is InChI=1S/C27H21N3O5/c1-35-16-12-10-15(11-13-16)24-23-19(17-6-2-4-8-20(17)28-23)14-22-25(31)30(27(34)29(22)24)21-9-5-3-7-18(21)26(32)33/h2-13,22,24,28H,14H2,1H3,(H,32,33)/t22-,24-/m0/s1. The molecule has 3 heterocycles. The first-order valence-corrected chi connectivity index (χ1v) is 11.2. The molecule has 2 atom stereocenters. The highest BCUT2D eigenvalue weighted by molar-refractivity contribution is 6.23. The highest BCUT2D eigenvalue weighted by atomic mass is 16.5. The first kappa shape index (κ1) is 21.0. The number of hydrogen-bond donors (Lipinski definition) is 2. The van der Waals surface area contributed by atoms with Crippen molar-refractivity contribution in [3.63, 3.8) is 0 Å². The maximum absolute atomic E-state index is 13.9. The summed E-state index contributed by atoms with van der Waals surface area (Å²) in [6.07, 6.45) is 0.336. The number of amides is 3. The van der Waals surface area contributed by atoms with Crippen LogP contribution in [0.15, 0.2) is 72.8 Å². The molecule has 2 aliphatic heterocycles. The third kappa shape index (κ3) is 3.03. The van der Waals surface area contributed by atoms with E-state index >= 15 is 0 Å². The number of methoxy groups -OCH3 is 1. The molecule has 1 saturated heterocycles. The van der Waals surface area contributed by atoms with Gasteiger partial charge in [0.15, 0.2) is 0 Å². The van der Waals surface area contributed by atoms with Gasteiger partial charge in [-0.2, -0.15) is 0 Å². The van der Waals surface area contributed by atoms with Crippen LogP contribution < -0.4 is 9.64 Å². The Labute approximate surface area is 200 Å². The van der Waals surface area contributed by atoms with E-state index in [2.05, 4.69) is 4.98 Å². The number of carboxylic acids is 1. The van der Waals surface area contributed by atoms with Crippen molar-refractivity contribution < 1.29 is 24.2 Å². The van der Waals surface area contributed by atoms with Crippen LogP contribution in [0.1, 0.15) is 33.2 Å². The number of anilines is 1. The van der Waals surface area contributed by atoms with Crippen LogP contribution in [0.25, 0.3) is 10.9 Å². The number of nitrogens with one attached hydrogen (secondary N) is 1. The summed E-state index contributed by atoms with van der Waals surface area (Å²) in [7, 11) is 1.59. The minimum absolute atomic E-state index is 0.0754. The fourth-order valence-electron chi connectivity index (χ4n) is 5.28. The molecule has 0 radical (unpaired) electrons. The molecule has 0 bridgehead atoms. The van der Waals surface area contributed by atoms with E-state index in [9.17, 15) is 19.5 Å². The molecular weight excluding hydrogens is 446 g/mol. The Bertz CT molecular complexity index is 1510. The molecule has 2 N–H and O–H groups in total. The number of para-hydroxylation sites is 2. The first-order valence-electron chi connectivity index (χ1n) is 11.2. The number of aromatic amines is 1. The normalized spacial score (nSPS) is 19.1. The Morgan fingerprint density at radius 1 is 1.00 bits per heavy atom. The van der Waals surface area contributed by atoms with Crippen molar-refractivity contribution in [2.24, 2.45) is 0 Å². The highest BCUT2D eigenvalue weighted by Gasteiger charge is 2.53. The maximum atomic E-state index is 13.9. The fourth-order valence-corrected chi connectivity index (χ4v) is 5.28. The Balaban J connectivity index is 1.54. The summed E-state index contributed by atoms with van der Waals surface area (Å²) < 4.78 is 5.30. The van der Waals surface area contributed by atoms with Gasteiger partial charge in [0.2, 0.25) is 0 Å². The predicted molar refractivity (Wildman–Crippen MR) is 129 cm³/mol. The van der Waals surface area contributed by atoms with Gasteiger partial charge in [0.25, 0.3) is 5.91 Å². The van der Waals surface area contributed by atoms with Crippen molar-refractivity contribution in [3.05, 3.63) is 95.2 Å². The van der Waals surface area contributed by atoms with E-state index in [4.69, 9.17) is 4.74 Å². The number of aromatic nitrogens is 1. The molecule has 1 fully saturated rings. The number of aromatic carboxylic acids is 1. The van der Waals surface area contributed by atoms with Crippen LogP contribution in [0.3, 0.4) is 0 Å². The summed E-state index contributed by atoms with van der Waals surface area (Å²) in [5.74, 6) is -0.953. The first-order chi connectivity index (χ1) is 17.0. The van der Waals surface area contributed by atoms with Crippen LogP contribution in [0.4, 0.5) is 10.5 Å². The second-order valence-electron chi connectivity index (χ2n) is 8.64. The zero-order valence-corrected chi connectivity index (χ0v) is 18.8. The quantitative estimate of drug-likeness (QED) is 0.434. The molecule has 35 heavy (non-hydrogen) atoms. The van der Waals surface area contributed by atoms with Crippen molar-refractivity contribution in [1.82, 2.24) is 9.88 Å². The molecule has 8 heteroatoms. The largest absolute Gasteiger partial charge is 0.497 e. The average Bonchev–Trinajstić information content (AvgIpc) is 3.37. The minimum atomic E-state index is -1.20. The van der Waals surface area contributed by atoms with Gasteiger partial charge in [0, 0.05) is 23.0 Å². The van der Waals surface area contributed by atoms with Crippen molar-refractivity contribution in [2.45, 2.75) is 18.5 Å². The van der Waals surface area contributed by atoms with Gasteiger partial charge in [-0.05, 0) is 41.5 Å². The number of ether oxygens (including phenoxy) is 1. The summed E-state index contributed by atoms with van der Waals surface area (Å²) in [6.45, 7) is 0. The van der Waals surface area contributed by atoms with Crippen LogP contribution in [-0.2, 0) is 11.2 Å². The number of hydrogen-bond acceptors (Lipinski definition) is 4. The zero-order chi connectivity index (χ0) is 24.3. The molecule has 0 saturated carbocycles. The molecule has 6 rings (SSSR count). The van der Waals surface area contributed by atoms with E-state index in [1.165, 1.54) is 12.1 Å². The van der Waals surface area contributed by atoms with Crippen molar-refractivity contribution >= 4 is 34.5 Å². The van der Waals surface area contributed by atoms with Gasteiger partial charge >= 0.3 is 12.0 Å². The lowest BCUT2D eigenvalue weighted by atomic mass is 9.89. The third-order valence-corrected chi connectivity index (χ3v) is 6.86. The molecule has 0 unspecified atom stereocenters. The van der Waals surface area contributed by atoms with Crippen LogP contribution in [0.5, 0.6) is 5.75 Å². The Morgan fingerprint density at radius 3 is 2.46 bits per heavy atom. The molecule has 0 spiro atoms. The van der Waals surface area contributed by atoms with E-state index in [0.717, 1.165) is 32.6 Å². The molecule has 0 aliphatic carbocycles. The SMILES string of the molecule is COc1ccc([C@H]2c3[nH]c4ccccc4c3C[C@H]3C(=O)N(c4ccccc4C(=O)O)C(=O)N23)cc1. The Kier molecular flexibility index (Phi) is 4.63. The van der Waals surface area contributed by atoms with Crippen molar-refractivity contribution in [2.75, 3.05) is 12.0 Å². The maximum Gasteiger partial charge on any atom is 0.337 e. The average molecular weight is 467 g/mol. The van der Waals surface area contributed by atoms with Gasteiger partial charge in [-0.15, -0.1) is 0 Å². The smallest absolute Gasteiger partial charge is 0.337 e. The molecule has 3 amide bonds. The molecule has 8 nitrogen and oxygen atoms in total. The lowest BCUT2D eigenvalue weighted by Gasteiger charge is -2.36. The highest BCUT2D eigenvalue weighted by Crippen LogP contribution is 2.45. The number of nitrogens with zero attached hydrogens (tertiary/aromatic N) is 2. The number of imide groups is 1. The van der Waals surface area contributed by atoms with Gasteiger partial charge in [-0.25, -0.2) is 14.5 Å². The summed E-state index contributed by atoms with van der Waals surface area (Å²) in [5, 5.41) is 10.7. The fraction of sp³-hybridized carbons (Fsp3) is 0.148. The number of benzene rings is 3. The molecule has 4 aromatic rings. The number of carboxylic acid groups (broad SMARTS) is 1. The summed E-state index contributed by atoms with van der Waals surface area (Å²) in [5.41, 5.74) is 3.56. The molecular formula is C27H21N3O5. The van der Waals surface area contributed by atoms with Gasteiger partial charge in [-0.3, -0.25) is 9.69 Å². The second-order valence-corrected chi connectivity index (χ2v) is 8.64. The van der Waals surface area contributed by atoms with Gasteiger partial charge in [0.1, 0.15) is 17.8 Å².